The van der Waals surface area contributed by atoms with Crippen LogP contribution in [-0.4, -0.2) is 35.0 Å². The number of nitrogens with two attached hydrogens (primary N) is 1. The summed E-state index contributed by atoms with van der Waals surface area (Å²) >= 11 is 0. The minimum atomic E-state index is -1.27. The smallest absolute Gasteiger partial charge is 0.237 e. The van der Waals surface area contributed by atoms with E-state index in [1.54, 1.807) is 0 Å². The van der Waals surface area contributed by atoms with Crippen molar-refractivity contribution in [1.29, 1.82) is 0 Å². The second kappa shape index (κ2) is 5.90. The fraction of sp³-hybridized carbons (Fsp3) is 0.444. The highest BCUT2D eigenvalue weighted by Crippen LogP contribution is 2.23. The molecule has 1 aromatic heterocycles. The standard InChI is InChI=1S/C9H13N5O3/c1-17-9-5(10)2-3-6(13-9)8(16)7(15)4-12-14-11/h2-3,7-8,15-16H,4,10H2,1H3. The summed E-state index contributed by atoms with van der Waals surface area (Å²) < 4.78 is 4.89. The molecule has 2 atom stereocenters. The Morgan fingerprint density at radius 2 is 2.29 bits per heavy atom. The number of ether oxygens (including phenoxy) is 1. The second-order valence-corrected chi connectivity index (χ2v) is 3.26. The summed E-state index contributed by atoms with van der Waals surface area (Å²) in [5.41, 5.74) is 14.2. The highest BCUT2D eigenvalue weighted by atomic mass is 16.5. The first-order valence-corrected chi connectivity index (χ1v) is 4.77. The molecule has 1 rings (SSSR count). The molecule has 2 unspecified atom stereocenters. The highest BCUT2D eigenvalue weighted by molar-refractivity contribution is 5.48. The first kappa shape index (κ1) is 13.0. The van der Waals surface area contributed by atoms with Gasteiger partial charge in [0.05, 0.1) is 31.1 Å². The minimum Gasteiger partial charge on any atom is -0.480 e. The van der Waals surface area contributed by atoms with Crippen LogP contribution in [0.25, 0.3) is 10.4 Å². The maximum absolute atomic E-state index is 9.73. The van der Waals surface area contributed by atoms with Crippen LogP contribution in [0.5, 0.6) is 5.88 Å². The molecule has 1 heterocycles. The number of aliphatic hydroxyl groups excluding tert-OH is 2. The van der Waals surface area contributed by atoms with E-state index in [2.05, 4.69) is 15.0 Å². The first-order valence-electron chi connectivity index (χ1n) is 4.77. The van der Waals surface area contributed by atoms with Crippen molar-refractivity contribution in [2.75, 3.05) is 19.4 Å². The third kappa shape index (κ3) is 3.22. The van der Waals surface area contributed by atoms with Gasteiger partial charge in [-0.3, -0.25) is 0 Å². The van der Waals surface area contributed by atoms with E-state index in [0.29, 0.717) is 5.69 Å². The molecule has 0 saturated heterocycles. The van der Waals surface area contributed by atoms with Crippen LogP contribution in [-0.2, 0) is 0 Å². The number of hydrogen-bond donors (Lipinski definition) is 3. The average molecular weight is 239 g/mol. The Morgan fingerprint density at radius 3 is 2.88 bits per heavy atom. The Balaban J connectivity index is 2.88. The molecule has 4 N–H and O–H groups in total. The van der Waals surface area contributed by atoms with Crippen LogP contribution in [0, 0.1) is 0 Å². The Morgan fingerprint density at radius 1 is 1.59 bits per heavy atom. The van der Waals surface area contributed by atoms with Crippen molar-refractivity contribution < 1.29 is 14.9 Å². The second-order valence-electron chi connectivity index (χ2n) is 3.26. The Bertz CT molecular complexity index is 433. The molecule has 8 nitrogen and oxygen atoms in total. The van der Waals surface area contributed by atoms with Crippen molar-refractivity contribution in [1.82, 2.24) is 4.98 Å². The van der Waals surface area contributed by atoms with E-state index in [4.69, 9.17) is 16.0 Å². The third-order valence-corrected chi connectivity index (χ3v) is 2.10. The van der Waals surface area contributed by atoms with Gasteiger partial charge in [0.1, 0.15) is 6.10 Å². The lowest BCUT2D eigenvalue weighted by Gasteiger charge is -2.16. The Kier molecular flexibility index (Phi) is 4.53. The van der Waals surface area contributed by atoms with E-state index in [-0.39, 0.29) is 18.1 Å². The van der Waals surface area contributed by atoms with Crippen molar-refractivity contribution in [3.63, 3.8) is 0 Å². The summed E-state index contributed by atoms with van der Waals surface area (Å²) in [6.45, 7) is -0.244. The number of methoxy groups -OCH3 is 1. The Labute approximate surface area is 97.3 Å². The van der Waals surface area contributed by atoms with Gasteiger partial charge in [0.2, 0.25) is 5.88 Å². The lowest BCUT2D eigenvalue weighted by atomic mass is 10.1. The van der Waals surface area contributed by atoms with Crippen molar-refractivity contribution in [3.05, 3.63) is 28.3 Å². The van der Waals surface area contributed by atoms with Crippen LogP contribution in [0.15, 0.2) is 17.2 Å². The summed E-state index contributed by atoms with van der Waals surface area (Å²) in [6.07, 6.45) is -2.50. The monoisotopic (exact) mass is 239 g/mol. The summed E-state index contributed by atoms with van der Waals surface area (Å²) in [5.74, 6) is 0.164. The minimum absolute atomic E-state index is 0.164. The van der Waals surface area contributed by atoms with Gasteiger partial charge in [0.15, 0.2) is 0 Å². The van der Waals surface area contributed by atoms with E-state index in [9.17, 15) is 10.2 Å². The molecule has 0 fully saturated rings. The van der Waals surface area contributed by atoms with Crippen LogP contribution in [0.1, 0.15) is 11.8 Å². The van der Waals surface area contributed by atoms with Crippen molar-refractivity contribution in [2.24, 2.45) is 5.11 Å². The lowest BCUT2D eigenvalue weighted by Crippen LogP contribution is -2.22. The number of hydrogen-bond acceptors (Lipinski definition) is 6. The fourth-order valence-electron chi connectivity index (χ4n) is 1.21. The van der Waals surface area contributed by atoms with Gasteiger partial charge in [-0.1, -0.05) is 5.11 Å². The number of aliphatic hydroxyl groups is 2. The van der Waals surface area contributed by atoms with Gasteiger partial charge in [-0.15, -0.1) is 0 Å². The molecule has 0 aromatic carbocycles. The van der Waals surface area contributed by atoms with Gasteiger partial charge >= 0.3 is 0 Å². The number of pyridine rings is 1. The molecular weight excluding hydrogens is 226 g/mol. The zero-order chi connectivity index (χ0) is 12.8. The van der Waals surface area contributed by atoms with Gasteiger partial charge in [-0.05, 0) is 17.7 Å². The largest absolute Gasteiger partial charge is 0.480 e. The maximum Gasteiger partial charge on any atom is 0.237 e. The normalized spacial score (nSPS) is 13.6. The SMILES string of the molecule is COc1nc(C(O)C(O)CN=[N+]=[N-])ccc1N. The summed E-state index contributed by atoms with van der Waals surface area (Å²) in [4.78, 5) is 6.42. The van der Waals surface area contributed by atoms with Gasteiger partial charge in [-0.2, -0.15) is 0 Å². The van der Waals surface area contributed by atoms with Crippen LogP contribution in [0.4, 0.5) is 5.69 Å². The predicted molar refractivity (Wildman–Crippen MR) is 60.2 cm³/mol. The van der Waals surface area contributed by atoms with Crippen molar-refractivity contribution in [2.45, 2.75) is 12.2 Å². The summed E-state index contributed by atoms with van der Waals surface area (Å²) in [7, 11) is 1.39. The van der Waals surface area contributed by atoms with Crippen molar-refractivity contribution in [3.8, 4) is 5.88 Å². The summed E-state index contributed by atoms with van der Waals surface area (Å²) in [5, 5.41) is 22.4. The number of anilines is 1. The van der Waals surface area contributed by atoms with E-state index >= 15 is 0 Å². The van der Waals surface area contributed by atoms with Gasteiger partial charge in [0, 0.05) is 4.91 Å². The third-order valence-electron chi connectivity index (χ3n) is 2.10. The Hall–Kier alpha value is -2.02. The van der Waals surface area contributed by atoms with E-state index in [1.807, 2.05) is 0 Å². The van der Waals surface area contributed by atoms with Gasteiger partial charge in [-0.25, -0.2) is 4.98 Å². The molecule has 0 amide bonds. The van der Waals surface area contributed by atoms with Gasteiger partial charge in [0.25, 0.3) is 0 Å². The molecule has 17 heavy (non-hydrogen) atoms. The maximum atomic E-state index is 9.73. The highest BCUT2D eigenvalue weighted by Gasteiger charge is 2.20. The quantitative estimate of drug-likeness (QED) is 0.387. The molecule has 0 aliphatic rings. The van der Waals surface area contributed by atoms with Crippen LogP contribution in [0.2, 0.25) is 0 Å². The van der Waals surface area contributed by atoms with E-state index < -0.39 is 12.2 Å². The van der Waals surface area contributed by atoms with Gasteiger partial charge < -0.3 is 20.7 Å². The molecule has 0 aliphatic carbocycles. The lowest BCUT2D eigenvalue weighted by molar-refractivity contribution is 0.0215. The van der Waals surface area contributed by atoms with E-state index in [0.717, 1.165) is 0 Å². The molecule has 92 valence electrons. The number of nitrogens with zero attached hydrogens (tertiary/aromatic N) is 4. The molecule has 0 aliphatic heterocycles. The number of aromatic nitrogens is 1. The topological polar surface area (TPSA) is 137 Å². The molecule has 0 bridgehead atoms. The molecule has 0 radical (unpaired) electrons. The zero-order valence-corrected chi connectivity index (χ0v) is 9.19. The molecule has 1 aromatic rings. The molecule has 0 saturated carbocycles. The molecule has 8 heteroatoms. The number of nitrogen functional groups attached to an aromatic ring is 1. The predicted octanol–water partition coefficient (Wildman–Crippen LogP) is 0.377. The number of azide groups is 1. The zero-order valence-electron chi connectivity index (χ0n) is 9.19. The average Bonchev–Trinajstić information content (AvgIpc) is 2.35. The van der Waals surface area contributed by atoms with Crippen LogP contribution in [0.3, 0.4) is 0 Å². The molecular formula is C9H13N5O3. The van der Waals surface area contributed by atoms with E-state index in [1.165, 1.54) is 19.2 Å². The van der Waals surface area contributed by atoms with Crippen molar-refractivity contribution >= 4 is 5.69 Å². The fourth-order valence-corrected chi connectivity index (χ4v) is 1.21. The summed E-state index contributed by atoms with van der Waals surface area (Å²) in [6, 6.07) is 2.96. The first-order chi connectivity index (χ1) is 8.10. The number of rotatable bonds is 5. The molecule has 0 spiro atoms. The van der Waals surface area contributed by atoms with Crippen LogP contribution < -0.4 is 10.5 Å². The van der Waals surface area contributed by atoms with Crippen LogP contribution >= 0.6 is 0 Å².